The van der Waals surface area contributed by atoms with Crippen molar-refractivity contribution in [2.45, 2.75) is 25.8 Å². The zero-order chi connectivity index (χ0) is 18.7. The van der Waals surface area contributed by atoms with Gasteiger partial charge in [-0.15, -0.1) is 0 Å². The van der Waals surface area contributed by atoms with E-state index < -0.39 is 17.2 Å². The number of nitrogens with one attached hydrogen (secondary N) is 1. The maximum atomic E-state index is 13.5. The highest BCUT2D eigenvalue weighted by Crippen LogP contribution is 2.13. The van der Waals surface area contributed by atoms with Gasteiger partial charge in [-0.3, -0.25) is 9.59 Å². The molecule has 2 aromatic carbocycles. The van der Waals surface area contributed by atoms with Gasteiger partial charge in [0.2, 0.25) is 5.43 Å². The zero-order valence-electron chi connectivity index (χ0n) is 14.8. The van der Waals surface area contributed by atoms with Crippen LogP contribution in [-0.2, 0) is 13.5 Å². The predicted octanol–water partition coefficient (Wildman–Crippen LogP) is 3.43. The summed E-state index contributed by atoms with van der Waals surface area (Å²) in [6, 6.07) is 13.9. The molecule has 0 aliphatic carbocycles. The Morgan fingerprint density at radius 2 is 1.92 bits per heavy atom. The Morgan fingerprint density at radius 1 is 1.19 bits per heavy atom. The topological polar surface area (TPSA) is 51.1 Å². The maximum absolute atomic E-state index is 13.5. The molecule has 0 fully saturated rings. The highest BCUT2D eigenvalue weighted by molar-refractivity contribution is 5.97. The molecule has 0 unspecified atom stereocenters. The molecule has 0 saturated heterocycles. The average molecular weight is 352 g/mol. The summed E-state index contributed by atoms with van der Waals surface area (Å²) < 4.78 is 15.2. The second-order valence-corrected chi connectivity index (χ2v) is 6.54. The van der Waals surface area contributed by atoms with E-state index in [9.17, 15) is 14.0 Å². The van der Waals surface area contributed by atoms with E-state index in [0.717, 1.165) is 12.8 Å². The molecule has 0 aliphatic rings. The zero-order valence-corrected chi connectivity index (χ0v) is 14.8. The van der Waals surface area contributed by atoms with Gasteiger partial charge in [0.05, 0.1) is 5.52 Å². The quantitative estimate of drug-likeness (QED) is 0.765. The third-order valence-corrected chi connectivity index (χ3v) is 4.48. The van der Waals surface area contributed by atoms with Crippen molar-refractivity contribution < 1.29 is 9.18 Å². The summed E-state index contributed by atoms with van der Waals surface area (Å²) in [4.78, 5) is 25.1. The van der Waals surface area contributed by atoms with Crippen LogP contribution in [0.2, 0.25) is 0 Å². The van der Waals surface area contributed by atoms with Crippen LogP contribution in [-0.4, -0.2) is 16.5 Å². The van der Waals surface area contributed by atoms with E-state index in [1.807, 2.05) is 37.3 Å². The third-order valence-electron chi connectivity index (χ3n) is 4.48. The number of carbonyl (C=O) groups is 1. The van der Waals surface area contributed by atoms with Gasteiger partial charge in [0.25, 0.3) is 5.91 Å². The van der Waals surface area contributed by atoms with Crippen molar-refractivity contribution in [1.29, 1.82) is 0 Å². The highest BCUT2D eigenvalue weighted by atomic mass is 19.1. The van der Waals surface area contributed by atoms with Crippen molar-refractivity contribution in [3.8, 4) is 0 Å². The maximum Gasteiger partial charge on any atom is 0.256 e. The Bertz CT molecular complexity index is 996. The fraction of sp³-hybridized carbons (Fsp3) is 0.238. The Hall–Kier alpha value is -2.95. The van der Waals surface area contributed by atoms with Gasteiger partial charge in [-0.2, -0.15) is 0 Å². The molecule has 0 aliphatic heterocycles. The fourth-order valence-electron chi connectivity index (χ4n) is 3.03. The van der Waals surface area contributed by atoms with Gasteiger partial charge in [-0.25, -0.2) is 4.39 Å². The molecule has 1 N–H and O–H groups in total. The number of rotatable bonds is 5. The first-order valence-corrected chi connectivity index (χ1v) is 8.59. The lowest BCUT2D eigenvalue weighted by molar-refractivity contribution is 0.0937. The number of halogens is 1. The van der Waals surface area contributed by atoms with E-state index >= 15 is 0 Å². The fourth-order valence-corrected chi connectivity index (χ4v) is 3.03. The third kappa shape index (κ3) is 3.82. The van der Waals surface area contributed by atoms with Crippen LogP contribution in [0.1, 0.15) is 29.3 Å². The number of hydrogen-bond donors (Lipinski definition) is 1. The number of carbonyl (C=O) groups excluding carboxylic acids is 1. The molecule has 26 heavy (non-hydrogen) atoms. The van der Waals surface area contributed by atoms with E-state index in [0.29, 0.717) is 5.52 Å². The Labute approximate surface area is 151 Å². The number of hydrogen-bond acceptors (Lipinski definition) is 2. The minimum absolute atomic E-state index is 0.0251. The molecule has 0 saturated carbocycles. The summed E-state index contributed by atoms with van der Waals surface area (Å²) in [5, 5.41) is 3.07. The molecular formula is C21H21FN2O2. The minimum atomic E-state index is -0.497. The van der Waals surface area contributed by atoms with Gasteiger partial charge in [0.1, 0.15) is 11.4 Å². The Kier molecular flexibility index (Phi) is 5.16. The number of amides is 1. The van der Waals surface area contributed by atoms with E-state index in [4.69, 9.17) is 0 Å². The molecule has 1 amide bonds. The number of fused-ring (bicyclic) bond motifs is 1. The van der Waals surface area contributed by atoms with Crippen LogP contribution in [0.3, 0.4) is 0 Å². The molecule has 1 heterocycles. The van der Waals surface area contributed by atoms with E-state index in [1.165, 1.54) is 30.0 Å². The number of benzene rings is 2. The highest BCUT2D eigenvalue weighted by Gasteiger charge is 2.16. The van der Waals surface area contributed by atoms with Crippen molar-refractivity contribution in [3.63, 3.8) is 0 Å². The minimum Gasteiger partial charge on any atom is -0.350 e. The largest absolute Gasteiger partial charge is 0.350 e. The molecule has 0 spiro atoms. The van der Waals surface area contributed by atoms with Crippen LogP contribution in [0.15, 0.2) is 59.5 Å². The van der Waals surface area contributed by atoms with Gasteiger partial charge in [0, 0.05) is 24.7 Å². The molecule has 1 atom stereocenters. The van der Waals surface area contributed by atoms with Gasteiger partial charge in [-0.1, -0.05) is 30.3 Å². The Balaban J connectivity index is 1.77. The van der Waals surface area contributed by atoms with E-state index in [-0.39, 0.29) is 17.0 Å². The lowest BCUT2D eigenvalue weighted by atomic mass is 10.1. The standard InChI is InChI=1S/C21H21FN2O2/c1-14(8-9-15-6-4-3-5-7-15)23-21(26)18-13-24(2)19-11-10-16(22)12-17(19)20(18)25/h3-7,10-14H,8-9H2,1-2H3,(H,23,26)/t14-/m1/s1. The van der Waals surface area contributed by atoms with E-state index in [2.05, 4.69) is 5.32 Å². The van der Waals surface area contributed by atoms with Crippen molar-refractivity contribution >= 4 is 16.8 Å². The first-order valence-electron chi connectivity index (χ1n) is 8.59. The summed E-state index contributed by atoms with van der Waals surface area (Å²) in [5.74, 6) is -0.930. The summed E-state index contributed by atoms with van der Waals surface area (Å²) in [5.41, 5.74) is 1.36. The SMILES string of the molecule is C[C@H](CCc1ccccc1)NC(=O)c1cn(C)c2ccc(F)cc2c1=O. The molecule has 134 valence electrons. The van der Waals surface area contributed by atoms with Crippen molar-refractivity contribution in [2.75, 3.05) is 0 Å². The number of aromatic nitrogens is 1. The Morgan fingerprint density at radius 3 is 2.65 bits per heavy atom. The molecule has 3 aromatic rings. The second kappa shape index (κ2) is 7.52. The monoisotopic (exact) mass is 352 g/mol. The summed E-state index contributed by atoms with van der Waals surface area (Å²) >= 11 is 0. The van der Waals surface area contributed by atoms with Gasteiger partial charge in [0.15, 0.2) is 0 Å². The number of pyridine rings is 1. The van der Waals surface area contributed by atoms with Crippen molar-refractivity contribution in [1.82, 2.24) is 9.88 Å². The van der Waals surface area contributed by atoms with E-state index in [1.54, 1.807) is 11.6 Å². The van der Waals surface area contributed by atoms with Gasteiger partial charge < -0.3 is 9.88 Å². The lowest BCUT2D eigenvalue weighted by Crippen LogP contribution is -2.36. The van der Waals surface area contributed by atoms with Crippen LogP contribution < -0.4 is 10.7 Å². The number of nitrogens with zero attached hydrogens (tertiary/aromatic N) is 1. The molecule has 4 nitrogen and oxygen atoms in total. The van der Waals surface area contributed by atoms with Crippen molar-refractivity contribution in [2.24, 2.45) is 7.05 Å². The molecule has 3 rings (SSSR count). The average Bonchev–Trinajstić information content (AvgIpc) is 2.63. The van der Waals surface area contributed by atoms with Crippen molar-refractivity contribution in [3.05, 3.63) is 81.9 Å². The number of aryl methyl sites for hydroxylation is 2. The summed E-state index contributed by atoms with van der Waals surface area (Å²) in [6.45, 7) is 1.91. The summed E-state index contributed by atoms with van der Waals surface area (Å²) in [6.07, 6.45) is 3.10. The molecule has 0 bridgehead atoms. The van der Waals surface area contributed by atoms with Crippen LogP contribution in [0.25, 0.3) is 10.9 Å². The van der Waals surface area contributed by atoms with Gasteiger partial charge in [-0.05, 0) is 43.5 Å². The second-order valence-electron chi connectivity index (χ2n) is 6.54. The predicted molar refractivity (Wildman–Crippen MR) is 101 cm³/mol. The summed E-state index contributed by atoms with van der Waals surface area (Å²) in [7, 11) is 1.73. The smallest absolute Gasteiger partial charge is 0.256 e. The normalized spacial score (nSPS) is 12.1. The van der Waals surface area contributed by atoms with Crippen LogP contribution in [0.4, 0.5) is 4.39 Å². The molecule has 1 aromatic heterocycles. The first-order chi connectivity index (χ1) is 12.5. The van der Waals surface area contributed by atoms with Crippen LogP contribution in [0.5, 0.6) is 0 Å². The first kappa shape index (κ1) is 17.9. The molecular weight excluding hydrogens is 331 g/mol. The van der Waals surface area contributed by atoms with Crippen LogP contribution in [0, 0.1) is 5.82 Å². The van der Waals surface area contributed by atoms with Gasteiger partial charge >= 0.3 is 0 Å². The van der Waals surface area contributed by atoms with Crippen LogP contribution >= 0.6 is 0 Å². The lowest BCUT2D eigenvalue weighted by Gasteiger charge is -2.15. The molecule has 5 heteroatoms. The molecule has 0 radical (unpaired) electrons.